The maximum absolute atomic E-state index is 11.3. The predicted octanol–water partition coefficient (Wildman–Crippen LogP) is 4.93. The molecule has 0 heterocycles. The Balaban J connectivity index is 1.96. The Kier molecular flexibility index (Phi) is 3.11. The molecule has 0 saturated carbocycles. The van der Waals surface area contributed by atoms with Gasteiger partial charge in [0.05, 0.1) is 0 Å². The Morgan fingerprint density at radius 1 is 1.00 bits per heavy atom. The van der Waals surface area contributed by atoms with Crippen LogP contribution in [0, 0.1) is 0 Å². The van der Waals surface area contributed by atoms with Gasteiger partial charge in [-0.2, -0.15) is 0 Å². The summed E-state index contributed by atoms with van der Waals surface area (Å²) in [6.45, 7) is 1.49. The van der Waals surface area contributed by atoms with E-state index >= 15 is 0 Å². The average molecular weight is 290 g/mol. The summed E-state index contributed by atoms with van der Waals surface area (Å²) in [5.41, 5.74) is 2.53. The van der Waals surface area contributed by atoms with Crippen LogP contribution in [0.4, 0.5) is 0 Å². The highest BCUT2D eigenvalue weighted by atomic mass is 16.5. The lowest BCUT2D eigenvalue weighted by Crippen LogP contribution is -2.15. The molecule has 1 aliphatic rings. The number of benzene rings is 3. The fraction of sp³-hybridized carbons (Fsp3) is 0.250. The van der Waals surface area contributed by atoms with Gasteiger partial charge in [-0.05, 0) is 51.9 Å². The second-order valence-electron chi connectivity index (χ2n) is 6.01. The number of hydrogen-bond acceptors (Lipinski definition) is 2. The van der Waals surface area contributed by atoms with Crippen molar-refractivity contribution in [3.63, 3.8) is 0 Å². The van der Waals surface area contributed by atoms with Gasteiger partial charge in [0.15, 0.2) is 0 Å². The molecule has 0 radical (unpaired) electrons. The van der Waals surface area contributed by atoms with Crippen molar-refractivity contribution < 1.29 is 9.53 Å². The average Bonchev–Trinajstić information content (AvgIpc) is 2.54. The van der Waals surface area contributed by atoms with Crippen molar-refractivity contribution >= 4 is 27.5 Å². The maximum atomic E-state index is 11.3. The minimum absolute atomic E-state index is 0.0860. The number of fused-ring (bicyclic) bond motifs is 5. The molecule has 110 valence electrons. The van der Waals surface area contributed by atoms with Crippen molar-refractivity contribution in [2.45, 2.75) is 32.3 Å². The van der Waals surface area contributed by atoms with Crippen LogP contribution in [-0.4, -0.2) is 5.97 Å². The molecular weight excluding hydrogens is 272 g/mol. The number of carbonyl (C=O) groups excluding carboxylic acids is 1. The summed E-state index contributed by atoms with van der Waals surface area (Å²) in [4.78, 5) is 11.3. The molecule has 0 fully saturated rings. The van der Waals surface area contributed by atoms with Crippen LogP contribution in [0.3, 0.4) is 0 Å². The van der Waals surface area contributed by atoms with Crippen LogP contribution >= 0.6 is 0 Å². The fourth-order valence-electron chi connectivity index (χ4n) is 3.69. The summed E-state index contributed by atoms with van der Waals surface area (Å²) in [5.74, 6) is -0.198. The van der Waals surface area contributed by atoms with Crippen molar-refractivity contribution in [3.8, 4) is 0 Å². The minimum Gasteiger partial charge on any atom is -0.458 e. The van der Waals surface area contributed by atoms with Crippen LogP contribution in [0.25, 0.3) is 21.5 Å². The van der Waals surface area contributed by atoms with Gasteiger partial charge in [0.1, 0.15) is 6.10 Å². The Morgan fingerprint density at radius 3 is 2.68 bits per heavy atom. The molecule has 1 unspecified atom stereocenters. The highest BCUT2D eigenvalue weighted by Crippen LogP contribution is 2.38. The highest BCUT2D eigenvalue weighted by molar-refractivity contribution is 6.08. The van der Waals surface area contributed by atoms with E-state index in [0.717, 1.165) is 19.3 Å². The van der Waals surface area contributed by atoms with Crippen LogP contribution in [0.15, 0.2) is 48.5 Å². The molecule has 0 bridgehead atoms. The molecular formula is C20H18O2. The van der Waals surface area contributed by atoms with Crippen LogP contribution in [0.5, 0.6) is 0 Å². The standard InChI is InChI=1S/C20H18O2/c1-13(21)22-20-8-4-7-16-18-10-9-14-5-2-3-6-15(14)17(18)11-12-19(16)20/h2-3,5-6,9-12,20H,4,7-8H2,1H3. The molecule has 0 saturated heterocycles. The number of aryl methyl sites for hydroxylation is 1. The summed E-state index contributed by atoms with van der Waals surface area (Å²) in [6, 6.07) is 17.2. The third-order valence-corrected chi connectivity index (χ3v) is 4.62. The lowest BCUT2D eigenvalue weighted by atomic mass is 9.85. The normalized spacial score (nSPS) is 17.4. The monoisotopic (exact) mass is 290 g/mol. The molecule has 2 heteroatoms. The first-order valence-corrected chi connectivity index (χ1v) is 7.84. The molecule has 3 aromatic rings. The molecule has 0 spiro atoms. The Morgan fingerprint density at radius 2 is 1.82 bits per heavy atom. The molecule has 22 heavy (non-hydrogen) atoms. The van der Waals surface area contributed by atoms with Gasteiger partial charge in [-0.25, -0.2) is 0 Å². The number of esters is 1. The van der Waals surface area contributed by atoms with Gasteiger partial charge < -0.3 is 4.74 Å². The van der Waals surface area contributed by atoms with E-state index < -0.39 is 0 Å². The number of rotatable bonds is 1. The zero-order valence-corrected chi connectivity index (χ0v) is 12.6. The Bertz CT molecular complexity index is 879. The summed E-state index contributed by atoms with van der Waals surface area (Å²) in [6.07, 6.45) is 2.96. The van der Waals surface area contributed by atoms with E-state index in [1.54, 1.807) is 0 Å². The molecule has 0 amide bonds. The van der Waals surface area contributed by atoms with Gasteiger partial charge in [-0.3, -0.25) is 4.79 Å². The largest absolute Gasteiger partial charge is 0.458 e. The van der Waals surface area contributed by atoms with Crippen molar-refractivity contribution in [1.82, 2.24) is 0 Å². The first-order chi connectivity index (χ1) is 10.7. The smallest absolute Gasteiger partial charge is 0.303 e. The van der Waals surface area contributed by atoms with Gasteiger partial charge in [0.2, 0.25) is 0 Å². The van der Waals surface area contributed by atoms with Crippen molar-refractivity contribution in [1.29, 1.82) is 0 Å². The molecule has 4 rings (SSSR count). The van der Waals surface area contributed by atoms with Gasteiger partial charge >= 0.3 is 5.97 Å². The summed E-state index contributed by atoms with van der Waals surface area (Å²) < 4.78 is 5.52. The van der Waals surface area contributed by atoms with E-state index in [1.807, 2.05) is 0 Å². The number of hydrogen-bond donors (Lipinski definition) is 0. The van der Waals surface area contributed by atoms with Crippen LogP contribution in [0.1, 0.15) is 37.0 Å². The van der Waals surface area contributed by atoms with Gasteiger partial charge in [0.25, 0.3) is 0 Å². The van der Waals surface area contributed by atoms with Crippen molar-refractivity contribution in [3.05, 3.63) is 59.7 Å². The summed E-state index contributed by atoms with van der Waals surface area (Å²) >= 11 is 0. The second kappa shape index (κ2) is 5.13. The minimum atomic E-state index is -0.198. The van der Waals surface area contributed by atoms with E-state index in [-0.39, 0.29) is 12.1 Å². The first-order valence-electron chi connectivity index (χ1n) is 7.84. The first kappa shape index (κ1) is 13.3. The molecule has 1 atom stereocenters. The molecule has 1 aliphatic carbocycles. The lowest BCUT2D eigenvalue weighted by molar-refractivity contribution is -0.147. The zero-order chi connectivity index (χ0) is 15.1. The van der Waals surface area contributed by atoms with E-state index in [2.05, 4.69) is 48.5 Å². The second-order valence-corrected chi connectivity index (χ2v) is 6.01. The fourth-order valence-corrected chi connectivity index (χ4v) is 3.69. The Labute approximate surface area is 129 Å². The van der Waals surface area contributed by atoms with Crippen LogP contribution in [0.2, 0.25) is 0 Å². The van der Waals surface area contributed by atoms with E-state index in [1.165, 1.54) is 39.6 Å². The van der Waals surface area contributed by atoms with Gasteiger partial charge in [0, 0.05) is 6.92 Å². The zero-order valence-electron chi connectivity index (χ0n) is 12.6. The van der Waals surface area contributed by atoms with E-state index in [0.29, 0.717) is 0 Å². The van der Waals surface area contributed by atoms with Crippen molar-refractivity contribution in [2.24, 2.45) is 0 Å². The topological polar surface area (TPSA) is 26.3 Å². The molecule has 0 aliphatic heterocycles. The highest BCUT2D eigenvalue weighted by Gasteiger charge is 2.24. The SMILES string of the molecule is CC(=O)OC1CCCc2c1ccc1c2ccc2ccccc21. The molecule has 0 N–H and O–H groups in total. The third-order valence-electron chi connectivity index (χ3n) is 4.62. The number of ether oxygens (including phenoxy) is 1. The number of carbonyl (C=O) groups is 1. The lowest BCUT2D eigenvalue weighted by Gasteiger charge is -2.26. The molecule has 2 nitrogen and oxygen atoms in total. The van der Waals surface area contributed by atoms with Gasteiger partial charge in [-0.15, -0.1) is 0 Å². The molecule has 3 aromatic carbocycles. The van der Waals surface area contributed by atoms with Crippen LogP contribution in [-0.2, 0) is 16.0 Å². The van der Waals surface area contributed by atoms with Crippen molar-refractivity contribution in [2.75, 3.05) is 0 Å². The Hall–Kier alpha value is -2.35. The summed E-state index contributed by atoms with van der Waals surface area (Å²) in [7, 11) is 0. The molecule has 0 aromatic heterocycles. The third kappa shape index (κ3) is 2.07. The quantitative estimate of drug-likeness (QED) is 0.469. The summed E-state index contributed by atoms with van der Waals surface area (Å²) in [5, 5.41) is 5.15. The van der Waals surface area contributed by atoms with E-state index in [4.69, 9.17) is 4.74 Å². The predicted molar refractivity (Wildman–Crippen MR) is 88.9 cm³/mol. The maximum Gasteiger partial charge on any atom is 0.303 e. The van der Waals surface area contributed by atoms with Gasteiger partial charge in [-0.1, -0.05) is 48.5 Å². The van der Waals surface area contributed by atoms with E-state index in [9.17, 15) is 4.79 Å². The van der Waals surface area contributed by atoms with Crippen LogP contribution < -0.4 is 0 Å².